The Bertz CT molecular complexity index is 633. The second kappa shape index (κ2) is 5.75. The molecule has 1 atom stereocenters. The van der Waals surface area contributed by atoms with Crippen molar-refractivity contribution in [2.45, 2.75) is 24.0 Å². The van der Waals surface area contributed by atoms with E-state index in [1.54, 1.807) is 6.92 Å². The molecule has 0 aromatic heterocycles. The van der Waals surface area contributed by atoms with Crippen molar-refractivity contribution in [1.82, 2.24) is 4.31 Å². The van der Waals surface area contributed by atoms with Crippen LogP contribution in [-0.2, 0) is 20.9 Å². The molecule has 9 heteroatoms. The van der Waals surface area contributed by atoms with Crippen LogP contribution >= 0.6 is 11.6 Å². The Balaban J connectivity index is 2.54. The molecular weight excluding hydrogens is 331 g/mol. The van der Waals surface area contributed by atoms with Crippen molar-refractivity contribution in [3.8, 4) is 0 Å². The van der Waals surface area contributed by atoms with Gasteiger partial charge in [-0.05, 0) is 25.1 Å². The Morgan fingerprint density at radius 2 is 2.05 bits per heavy atom. The molecule has 0 bridgehead atoms. The molecular formula is C12H13ClF3NO3S. The number of alkyl halides is 3. The van der Waals surface area contributed by atoms with Gasteiger partial charge < -0.3 is 4.74 Å². The molecule has 0 spiro atoms. The zero-order valence-electron chi connectivity index (χ0n) is 11.0. The molecule has 118 valence electrons. The fourth-order valence-corrected chi connectivity index (χ4v) is 4.11. The first kappa shape index (κ1) is 16.5. The van der Waals surface area contributed by atoms with E-state index < -0.39 is 32.7 Å². The van der Waals surface area contributed by atoms with E-state index >= 15 is 0 Å². The quantitative estimate of drug-likeness (QED) is 0.829. The molecule has 0 unspecified atom stereocenters. The summed E-state index contributed by atoms with van der Waals surface area (Å²) in [6.07, 6.45) is -4.80. The van der Waals surface area contributed by atoms with Gasteiger partial charge in [-0.1, -0.05) is 11.6 Å². The van der Waals surface area contributed by atoms with Gasteiger partial charge in [0.25, 0.3) is 0 Å². The first-order valence-electron chi connectivity index (χ1n) is 6.10. The predicted molar refractivity (Wildman–Crippen MR) is 70.6 cm³/mol. The third-order valence-corrected chi connectivity index (χ3v) is 5.45. The first-order valence-corrected chi connectivity index (χ1v) is 7.92. The first-order chi connectivity index (χ1) is 9.64. The van der Waals surface area contributed by atoms with Gasteiger partial charge in [-0.3, -0.25) is 0 Å². The van der Waals surface area contributed by atoms with E-state index in [4.69, 9.17) is 16.3 Å². The minimum absolute atomic E-state index is 0.0173. The van der Waals surface area contributed by atoms with Crippen LogP contribution in [0, 0.1) is 0 Å². The van der Waals surface area contributed by atoms with E-state index in [0.717, 1.165) is 16.4 Å². The molecule has 0 N–H and O–H groups in total. The van der Waals surface area contributed by atoms with Crippen LogP contribution in [0.3, 0.4) is 0 Å². The molecule has 0 saturated carbocycles. The van der Waals surface area contributed by atoms with Gasteiger partial charge in [-0.15, -0.1) is 0 Å². The highest BCUT2D eigenvalue weighted by Crippen LogP contribution is 2.37. The smallest absolute Gasteiger partial charge is 0.378 e. The second-order valence-corrected chi connectivity index (χ2v) is 6.97. The van der Waals surface area contributed by atoms with Crippen molar-refractivity contribution >= 4 is 21.6 Å². The topological polar surface area (TPSA) is 46.6 Å². The maximum Gasteiger partial charge on any atom is 0.417 e. The van der Waals surface area contributed by atoms with Crippen LogP contribution in [-0.4, -0.2) is 38.5 Å². The van der Waals surface area contributed by atoms with Gasteiger partial charge in [0.05, 0.1) is 23.7 Å². The molecule has 4 nitrogen and oxygen atoms in total. The molecule has 0 amide bonds. The van der Waals surface area contributed by atoms with Gasteiger partial charge in [-0.2, -0.15) is 17.5 Å². The van der Waals surface area contributed by atoms with Crippen molar-refractivity contribution in [1.29, 1.82) is 0 Å². The molecule has 1 aliphatic rings. The summed E-state index contributed by atoms with van der Waals surface area (Å²) in [6.45, 7) is 1.90. The highest BCUT2D eigenvalue weighted by molar-refractivity contribution is 7.89. The maximum atomic E-state index is 13.1. The Labute approximate surface area is 125 Å². The Hall–Kier alpha value is -0.830. The number of rotatable bonds is 2. The van der Waals surface area contributed by atoms with Gasteiger partial charge >= 0.3 is 6.18 Å². The average molecular weight is 344 g/mol. The van der Waals surface area contributed by atoms with Crippen molar-refractivity contribution in [3.63, 3.8) is 0 Å². The minimum Gasteiger partial charge on any atom is -0.378 e. The van der Waals surface area contributed by atoms with Crippen LogP contribution in [0.4, 0.5) is 13.2 Å². The van der Waals surface area contributed by atoms with Crippen LogP contribution in [0.25, 0.3) is 0 Å². The molecule has 1 aliphatic heterocycles. The van der Waals surface area contributed by atoms with Crippen LogP contribution in [0.15, 0.2) is 23.1 Å². The van der Waals surface area contributed by atoms with Crippen molar-refractivity contribution in [2.75, 3.05) is 19.8 Å². The number of morpholine rings is 1. The Morgan fingerprint density at radius 3 is 2.62 bits per heavy atom. The van der Waals surface area contributed by atoms with Gasteiger partial charge in [0.15, 0.2) is 0 Å². The number of nitrogens with zero attached hydrogens (tertiary/aromatic N) is 1. The number of ether oxygens (including phenoxy) is 1. The van der Waals surface area contributed by atoms with E-state index in [0.29, 0.717) is 6.07 Å². The van der Waals surface area contributed by atoms with Crippen molar-refractivity contribution < 1.29 is 26.3 Å². The minimum atomic E-state index is -4.80. The van der Waals surface area contributed by atoms with E-state index in [9.17, 15) is 21.6 Å². The monoisotopic (exact) mass is 343 g/mol. The number of sulfonamides is 1. The summed E-state index contributed by atoms with van der Waals surface area (Å²) in [5, 5.41) is -0.170. The van der Waals surface area contributed by atoms with E-state index in [2.05, 4.69) is 0 Å². The predicted octanol–water partition coefficient (Wildman–Crippen LogP) is 2.77. The Morgan fingerprint density at radius 1 is 1.38 bits per heavy atom. The summed E-state index contributed by atoms with van der Waals surface area (Å²) >= 11 is 5.56. The molecule has 1 fully saturated rings. The van der Waals surface area contributed by atoms with Gasteiger partial charge in [-0.25, -0.2) is 8.42 Å². The summed E-state index contributed by atoms with van der Waals surface area (Å²) in [5.41, 5.74) is -1.26. The fraction of sp³-hybridized carbons (Fsp3) is 0.500. The normalized spacial score (nSPS) is 21.5. The third kappa shape index (κ3) is 3.33. The molecule has 1 aromatic rings. The molecule has 0 radical (unpaired) electrons. The number of halogens is 4. The fourth-order valence-electron chi connectivity index (χ4n) is 2.14. The Kier molecular flexibility index (Phi) is 4.53. The lowest BCUT2D eigenvalue weighted by Gasteiger charge is -2.32. The zero-order valence-corrected chi connectivity index (χ0v) is 12.6. The second-order valence-electron chi connectivity index (χ2n) is 4.68. The molecule has 1 aromatic carbocycles. The summed E-state index contributed by atoms with van der Waals surface area (Å²) in [6, 6.07) is 2.12. The summed E-state index contributed by atoms with van der Waals surface area (Å²) in [4.78, 5) is -0.784. The summed E-state index contributed by atoms with van der Waals surface area (Å²) in [5.74, 6) is 0. The molecule has 1 heterocycles. The number of hydrogen-bond acceptors (Lipinski definition) is 3. The van der Waals surface area contributed by atoms with Gasteiger partial charge in [0.2, 0.25) is 10.0 Å². The van der Waals surface area contributed by atoms with Crippen LogP contribution in [0.1, 0.15) is 12.5 Å². The number of benzene rings is 1. The lowest BCUT2D eigenvalue weighted by molar-refractivity contribution is -0.139. The molecule has 1 saturated heterocycles. The van der Waals surface area contributed by atoms with E-state index in [-0.39, 0.29) is 24.8 Å². The standard InChI is InChI=1S/C12H13ClF3NO3S/c1-8-7-20-5-4-17(8)21(18,19)11-3-2-9(13)6-10(11)12(14,15)16/h2-3,6,8H,4-5,7H2,1H3/t8-/m0/s1. The van der Waals surface area contributed by atoms with Crippen molar-refractivity contribution in [2.24, 2.45) is 0 Å². The van der Waals surface area contributed by atoms with Crippen molar-refractivity contribution in [3.05, 3.63) is 28.8 Å². The van der Waals surface area contributed by atoms with Gasteiger partial charge in [0, 0.05) is 17.6 Å². The maximum absolute atomic E-state index is 13.1. The molecule has 2 rings (SSSR count). The SMILES string of the molecule is C[C@H]1COCCN1S(=O)(=O)c1ccc(Cl)cc1C(F)(F)F. The summed E-state index contributed by atoms with van der Waals surface area (Å²) < 4.78 is 70.3. The van der Waals surface area contributed by atoms with Crippen LogP contribution < -0.4 is 0 Å². The summed E-state index contributed by atoms with van der Waals surface area (Å²) in [7, 11) is -4.27. The van der Waals surface area contributed by atoms with E-state index in [1.807, 2.05) is 0 Å². The zero-order chi connectivity index (χ0) is 15.8. The highest BCUT2D eigenvalue weighted by Gasteiger charge is 2.41. The van der Waals surface area contributed by atoms with Gasteiger partial charge in [0.1, 0.15) is 0 Å². The average Bonchev–Trinajstić information content (AvgIpc) is 2.37. The highest BCUT2D eigenvalue weighted by atomic mass is 35.5. The largest absolute Gasteiger partial charge is 0.417 e. The molecule has 0 aliphatic carbocycles. The lowest BCUT2D eigenvalue weighted by Crippen LogP contribution is -2.47. The lowest BCUT2D eigenvalue weighted by atomic mass is 10.2. The van der Waals surface area contributed by atoms with E-state index in [1.165, 1.54) is 0 Å². The number of hydrogen-bond donors (Lipinski definition) is 0. The van der Waals surface area contributed by atoms with Crippen LogP contribution in [0.2, 0.25) is 5.02 Å². The van der Waals surface area contributed by atoms with Crippen LogP contribution in [0.5, 0.6) is 0 Å². The third-order valence-electron chi connectivity index (χ3n) is 3.14. The molecule has 21 heavy (non-hydrogen) atoms.